The molecule has 0 saturated carbocycles. The Labute approximate surface area is 186 Å². The summed E-state index contributed by atoms with van der Waals surface area (Å²) in [7, 11) is 0. The third-order valence-electron chi connectivity index (χ3n) is 5.87. The number of hydrogen-bond donors (Lipinski definition) is 2. The van der Waals surface area contributed by atoms with Crippen LogP contribution in [0.3, 0.4) is 0 Å². The van der Waals surface area contributed by atoms with Gasteiger partial charge in [-0.2, -0.15) is 10.4 Å². The molecule has 31 heavy (non-hydrogen) atoms. The number of fused-ring (bicyclic) bond motifs is 2. The molecule has 2 heterocycles. The van der Waals surface area contributed by atoms with Gasteiger partial charge in [0, 0.05) is 21.8 Å². The summed E-state index contributed by atoms with van der Waals surface area (Å²) < 4.78 is 0. The van der Waals surface area contributed by atoms with Gasteiger partial charge in [0.15, 0.2) is 5.82 Å². The third kappa shape index (κ3) is 3.19. The van der Waals surface area contributed by atoms with Crippen molar-refractivity contribution in [2.24, 2.45) is 0 Å². The topological polar surface area (TPSA) is 64.5 Å². The Hall–Kier alpha value is -3.55. The van der Waals surface area contributed by atoms with Gasteiger partial charge in [-0.3, -0.25) is 5.10 Å². The van der Waals surface area contributed by atoms with E-state index in [1.807, 2.05) is 36.4 Å². The number of nitriles is 1. The minimum absolute atomic E-state index is 0.288. The van der Waals surface area contributed by atoms with Gasteiger partial charge in [0.05, 0.1) is 23.3 Å². The van der Waals surface area contributed by atoms with E-state index in [1.165, 1.54) is 0 Å². The van der Waals surface area contributed by atoms with Gasteiger partial charge in [-0.05, 0) is 28.8 Å². The SMILES string of the molecule is CCCC1=C(C#N)C(c2ccccc2Cl)c2c(n[nH]c2-c2cccc3ccccc23)N1. The Morgan fingerprint density at radius 3 is 2.61 bits per heavy atom. The van der Waals surface area contributed by atoms with Crippen LogP contribution in [0.15, 0.2) is 78.0 Å². The molecular weight excluding hydrogens is 404 g/mol. The number of nitrogens with one attached hydrogen (secondary N) is 2. The molecule has 5 rings (SSSR count). The second-order valence-electron chi connectivity index (χ2n) is 7.72. The zero-order valence-electron chi connectivity index (χ0n) is 17.1. The summed E-state index contributed by atoms with van der Waals surface area (Å²) in [5.74, 6) is 0.472. The molecule has 0 bridgehead atoms. The highest BCUT2D eigenvalue weighted by Gasteiger charge is 2.35. The van der Waals surface area contributed by atoms with Gasteiger partial charge in [-0.15, -0.1) is 0 Å². The summed E-state index contributed by atoms with van der Waals surface area (Å²) >= 11 is 6.65. The molecule has 1 aliphatic rings. The zero-order chi connectivity index (χ0) is 21.4. The molecule has 4 aromatic rings. The Morgan fingerprint density at radius 2 is 1.81 bits per heavy atom. The van der Waals surface area contributed by atoms with E-state index in [2.05, 4.69) is 58.8 Å². The summed E-state index contributed by atoms with van der Waals surface area (Å²) in [4.78, 5) is 0. The minimum Gasteiger partial charge on any atom is -0.341 e. The van der Waals surface area contributed by atoms with Crippen LogP contribution >= 0.6 is 11.6 Å². The third-order valence-corrected chi connectivity index (χ3v) is 6.22. The van der Waals surface area contributed by atoms with Crippen LogP contribution in [0.25, 0.3) is 22.0 Å². The fourth-order valence-corrected chi connectivity index (χ4v) is 4.75. The van der Waals surface area contributed by atoms with E-state index in [0.29, 0.717) is 10.6 Å². The van der Waals surface area contributed by atoms with Gasteiger partial charge in [-0.25, -0.2) is 0 Å². The molecule has 2 N–H and O–H groups in total. The quantitative estimate of drug-likeness (QED) is 0.370. The highest BCUT2D eigenvalue weighted by molar-refractivity contribution is 6.31. The lowest BCUT2D eigenvalue weighted by molar-refractivity contribution is 0.849. The van der Waals surface area contributed by atoms with Crippen LogP contribution in [0.5, 0.6) is 0 Å². The van der Waals surface area contributed by atoms with Crippen molar-refractivity contribution < 1.29 is 0 Å². The van der Waals surface area contributed by atoms with Gasteiger partial charge in [0.2, 0.25) is 0 Å². The lowest BCUT2D eigenvalue weighted by atomic mass is 9.80. The Balaban J connectivity index is 1.80. The summed E-state index contributed by atoms with van der Waals surface area (Å²) in [5, 5.41) is 24.4. The van der Waals surface area contributed by atoms with Crippen LogP contribution in [0, 0.1) is 11.3 Å². The molecule has 0 aliphatic carbocycles. The first-order valence-electron chi connectivity index (χ1n) is 10.4. The molecule has 152 valence electrons. The first-order valence-corrected chi connectivity index (χ1v) is 10.8. The number of H-pyrrole nitrogens is 1. The Bertz CT molecular complexity index is 1350. The van der Waals surface area contributed by atoms with Crippen molar-refractivity contribution in [3.63, 3.8) is 0 Å². The first-order chi connectivity index (χ1) is 15.2. The molecule has 0 amide bonds. The van der Waals surface area contributed by atoms with Gasteiger partial charge < -0.3 is 5.32 Å². The fraction of sp³-hybridized carbons (Fsp3) is 0.154. The van der Waals surface area contributed by atoms with Crippen LogP contribution in [0.4, 0.5) is 5.82 Å². The van der Waals surface area contributed by atoms with E-state index in [1.54, 1.807) is 0 Å². The molecule has 1 unspecified atom stereocenters. The molecule has 0 fully saturated rings. The molecule has 0 radical (unpaired) electrons. The number of benzene rings is 3. The number of aromatic nitrogens is 2. The van der Waals surface area contributed by atoms with Crippen LogP contribution in [0.2, 0.25) is 5.02 Å². The van der Waals surface area contributed by atoms with E-state index in [9.17, 15) is 5.26 Å². The number of rotatable bonds is 4. The molecule has 0 spiro atoms. The average molecular weight is 425 g/mol. The maximum atomic E-state index is 10.2. The summed E-state index contributed by atoms with van der Waals surface area (Å²) in [6, 6.07) is 24.8. The normalized spacial score (nSPS) is 15.5. The molecule has 0 saturated heterocycles. The van der Waals surface area contributed by atoms with E-state index < -0.39 is 0 Å². The van der Waals surface area contributed by atoms with E-state index in [-0.39, 0.29) is 5.92 Å². The van der Waals surface area contributed by atoms with E-state index in [4.69, 9.17) is 11.6 Å². The predicted octanol–water partition coefficient (Wildman–Crippen LogP) is 7.02. The number of anilines is 1. The number of halogens is 1. The molecule has 1 atom stereocenters. The standard InChI is InChI=1S/C26H21ClN4/c1-2-8-22-20(15-28)23(19-12-5-6-14-21(19)27)24-25(30-31-26(24)29-22)18-13-7-10-16-9-3-4-11-17(16)18/h3-7,9-14,23H,2,8H2,1H3,(H2,29,30,31). The van der Waals surface area contributed by atoms with E-state index >= 15 is 0 Å². The second-order valence-corrected chi connectivity index (χ2v) is 8.13. The van der Waals surface area contributed by atoms with Crippen molar-refractivity contribution in [3.05, 3.63) is 94.1 Å². The van der Waals surface area contributed by atoms with Crippen LogP contribution in [-0.4, -0.2) is 10.2 Å². The van der Waals surface area contributed by atoms with Crippen LogP contribution < -0.4 is 5.32 Å². The maximum Gasteiger partial charge on any atom is 0.156 e. The lowest BCUT2D eigenvalue weighted by Gasteiger charge is -2.28. The Kier molecular flexibility index (Phi) is 4.97. The van der Waals surface area contributed by atoms with Crippen molar-refractivity contribution >= 4 is 28.2 Å². The van der Waals surface area contributed by atoms with Crippen molar-refractivity contribution in [2.45, 2.75) is 25.7 Å². The molecule has 4 nitrogen and oxygen atoms in total. The first kappa shape index (κ1) is 19.4. The van der Waals surface area contributed by atoms with Crippen LogP contribution in [0.1, 0.15) is 36.8 Å². The molecule has 3 aromatic carbocycles. The number of allylic oxidation sites excluding steroid dienone is 2. The van der Waals surface area contributed by atoms with Crippen LogP contribution in [-0.2, 0) is 0 Å². The lowest BCUT2D eigenvalue weighted by Crippen LogP contribution is -2.18. The predicted molar refractivity (Wildman–Crippen MR) is 126 cm³/mol. The number of nitrogens with zero attached hydrogens (tertiary/aromatic N) is 2. The van der Waals surface area contributed by atoms with Gasteiger partial charge in [0.1, 0.15) is 0 Å². The fourth-order valence-electron chi connectivity index (χ4n) is 4.50. The van der Waals surface area contributed by atoms with Crippen molar-refractivity contribution in [1.82, 2.24) is 10.2 Å². The van der Waals surface area contributed by atoms with Crippen molar-refractivity contribution in [3.8, 4) is 17.3 Å². The number of hydrogen-bond acceptors (Lipinski definition) is 3. The van der Waals surface area contributed by atoms with Gasteiger partial charge >= 0.3 is 0 Å². The highest BCUT2D eigenvalue weighted by atomic mass is 35.5. The molecular formula is C26H21ClN4. The average Bonchev–Trinajstić information content (AvgIpc) is 3.22. The maximum absolute atomic E-state index is 10.2. The van der Waals surface area contributed by atoms with Crippen molar-refractivity contribution in [1.29, 1.82) is 5.26 Å². The monoisotopic (exact) mass is 424 g/mol. The van der Waals surface area contributed by atoms with Crippen molar-refractivity contribution in [2.75, 3.05) is 5.32 Å². The molecule has 1 aromatic heterocycles. The summed E-state index contributed by atoms with van der Waals surface area (Å²) in [6.45, 7) is 2.11. The largest absolute Gasteiger partial charge is 0.341 e. The van der Waals surface area contributed by atoms with Gasteiger partial charge in [-0.1, -0.05) is 85.6 Å². The minimum atomic E-state index is -0.288. The Morgan fingerprint density at radius 1 is 1.03 bits per heavy atom. The summed E-state index contributed by atoms with van der Waals surface area (Å²) in [6.07, 6.45) is 1.71. The second kappa shape index (κ2) is 7.94. The molecule has 5 heteroatoms. The smallest absolute Gasteiger partial charge is 0.156 e. The van der Waals surface area contributed by atoms with Gasteiger partial charge in [0.25, 0.3) is 0 Å². The molecule has 1 aliphatic heterocycles. The summed E-state index contributed by atoms with van der Waals surface area (Å²) in [5.41, 5.74) is 5.46. The zero-order valence-corrected chi connectivity index (χ0v) is 17.9. The number of aromatic amines is 1. The highest BCUT2D eigenvalue weighted by Crippen LogP contribution is 2.48. The van der Waals surface area contributed by atoms with E-state index in [0.717, 1.165) is 57.5 Å².